The van der Waals surface area contributed by atoms with Crippen LogP contribution < -0.4 is 5.32 Å². The van der Waals surface area contributed by atoms with Gasteiger partial charge in [-0.15, -0.1) is 0 Å². The van der Waals surface area contributed by atoms with Crippen LogP contribution in [0.25, 0.3) is 0 Å². The molecule has 1 saturated heterocycles. The molecule has 1 heterocycles. The number of nitrogens with one attached hydrogen (secondary N) is 1. The molecule has 0 aromatic rings. The Balaban J connectivity index is 2.17. The van der Waals surface area contributed by atoms with E-state index in [1.165, 1.54) is 32.4 Å². The van der Waals surface area contributed by atoms with E-state index in [0.717, 1.165) is 19.8 Å². The molecule has 0 radical (unpaired) electrons. The Morgan fingerprint density at radius 2 is 1.94 bits per heavy atom. The molecule has 0 aliphatic carbocycles. The maximum Gasteiger partial charge on any atom is 0.0616 e. The number of rotatable bonds is 8. The van der Waals surface area contributed by atoms with E-state index in [0.29, 0.717) is 12.1 Å². The molecular weight excluding hydrogens is 200 g/mol. The van der Waals surface area contributed by atoms with Crippen LogP contribution in [-0.4, -0.2) is 49.8 Å². The van der Waals surface area contributed by atoms with Crippen LogP contribution in [0.4, 0.5) is 0 Å². The van der Waals surface area contributed by atoms with Gasteiger partial charge in [0.05, 0.1) is 6.61 Å². The first-order valence-corrected chi connectivity index (χ1v) is 6.83. The van der Waals surface area contributed by atoms with Crippen molar-refractivity contribution < 1.29 is 4.74 Å². The first-order chi connectivity index (χ1) is 7.77. The van der Waals surface area contributed by atoms with Crippen molar-refractivity contribution in [3.8, 4) is 0 Å². The third-order valence-corrected chi connectivity index (χ3v) is 3.40. The van der Waals surface area contributed by atoms with Crippen LogP contribution in [-0.2, 0) is 4.74 Å². The van der Waals surface area contributed by atoms with Crippen molar-refractivity contribution in [3.05, 3.63) is 0 Å². The molecule has 0 amide bonds. The maximum atomic E-state index is 5.41. The molecule has 16 heavy (non-hydrogen) atoms. The highest BCUT2D eigenvalue weighted by Crippen LogP contribution is 2.13. The third kappa shape index (κ3) is 4.81. The van der Waals surface area contributed by atoms with Crippen LogP contribution in [0.3, 0.4) is 0 Å². The highest BCUT2D eigenvalue weighted by atomic mass is 16.5. The molecule has 2 unspecified atom stereocenters. The smallest absolute Gasteiger partial charge is 0.0616 e. The van der Waals surface area contributed by atoms with Crippen LogP contribution in [0.5, 0.6) is 0 Å². The Hall–Kier alpha value is -0.120. The molecule has 1 rings (SSSR count). The van der Waals surface area contributed by atoms with Gasteiger partial charge in [-0.05, 0) is 46.2 Å². The van der Waals surface area contributed by atoms with Crippen LogP contribution in [0.2, 0.25) is 0 Å². The lowest BCUT2D eigenvalue weighted by Crippen LogP contribution is -2.44. The van der Waals surface area contributed by atoms with E-state index < -0.39 is 0 Å². The minimum absolute atomic E-state index is 0.469. The van der Waals surface area contributed by atoms with Crippen LogP contribution in [0, 0.1) is 0 Å². The van der Waals surface area contributed by atoms with E-state index in [2.05, 4.69) is 24.1 Å². The van der Waals surface area contributed by atoms with Gasteiger partial charge in [0.2, 0.25) is 0 Å². The molecule has 1 aliphatic rings. The summed E-state index contributed by atoms with van der Waals surface area (Å²) in [5.74, 6) is 0. The summed E-state index contributed by atoms with van der Waals surface area (Å²) in [5, 5.41) is 3.58. The second-order valence-electron chi connectivity index (χ2n) is 4.77. The summed E-state index contributed by atoms with van der Waals surface area (Å²) < 4.78 is 5.41. The van der Waals surface area contributed by atoms with Gasteiger partial charge in [0, 0.05) is 25.2 Å². The van der Waals surface area contributed by atoms with E-state index in [1.54, 1.807) is 0 Å². The summed E-state index contributed by atoms with van der Waals surface area (Å²) in [4.78, 5) is 2.63. The topological polar surface area (TPSA) is 24.5 Å². The van der Waals surface area contributed by atoms with E-state index in [1.807, 2.05) is 6.92 Å². The molecule has 0 spiro atoms. The number of hydrogen-bond donors (Lipinski definition) is 1. The van der Waals surface area contributed by atoms with Crippen molar-refractivity contribution in [2.45, 2.75) is 52.1 Å². The zero-order chi connectivity index (χ0) is 11.8. The quantitative estimate of drug-likeness (QED) is 0.686. The second kappa shape index (κ2) is 8.04. The summed E-state index contributed by atoms with van der Waals surface area (Å²) in [7, 11) is 0. The second-order valence-corrected chi connectivity index (χ2v) is 4.77. The van der Waals surface area contributed by atoms with Crippen molar-refractivity contribution in [2.75, 3.05) is 32.8 Å². The average molecular weight is 228 g/mol. The van der Waals surface area contributed by atoms with E-state index in [-0.39, 0.29) is 0 Å². The molecule has 1 aliphatic heterocycles. The van der Waals surface area contributed by atoms with Gasteiger partial charge in [-0.3, -0.25) is 4.90 Å². The van der Waals surface area contributed by atoms with E-state index in [4.69, 9.17) is 4.74 Å². The highest BCUT2D eigenvalue weighted by Gasteiger charge is 2.20. The zero-order valence-corrected chi connectivity index (χ0v) is 11.2. The molecule has 3 nitrogen and oxygen atoms in total. The normalized spacial score (nSPS) is 21.2. The van der Waals surface area contributed by atoms with Gasteiger partial charge in [-0.1, -0.05) is 6.92 Å². The molecule has 2 atom stereocenters. The molecule has 1 N–H and O–H groups in total. The molecule has 96 valence electrons. The van der Waals surface area contributed by atoms with Gasteiger partial charge in [0.1, 0.15) is 0 Å². The van der Waals surface area contributed by atoms with Gasteiger partial charge in [0.25, 0.3) is 0 Å². The molecular formula is C13H28N2O. The van der Waals surface area contributed by atoms with E-state index in [9.17, 15) is 0 Å². The standard InChI is InChI=1S/C13H28N2O/c1-4-13(15-8-6-7-9-15)10-14-12(3)11-16-5-2/h12-14H,4-11H2,1-3H3. The fourth-order valence-corrected chi connectivity index (χ4v) is 2.33. The van der Waals surface area contributed by atoms with Crippen molar-refractivity contribution in [2.24, 2.45) is 0 Å². The minimum Gasteiger partial charge on any atom is -0.380 e. The Bertz CT molecular complexity index is 169. The Morgan fingerprint density at radius 3 is 2.50 bits per heavy atom. The molecule has 0 aromatic heterocycles. The fourth-order valence-electron chi connectivity index (χ4n) is 2.33. The third-order valence-electron chi connectivity index (χ3n) is 3.40. The molecule has 0 saturated carbocycles. The Labute approximate surface area is 101 Å². The zero-order valence-electron chi connectivity index (χ0n) is 11.2. The van der Waals surface area contributed by atoms with Crippen molar-refractivity contribution >= 4 is 0 Å². The lowest BCUT2D eigenvalue weighted by atomic mass is 10.2. The Kier molecular flexibility index (Phi) is 7.01. The first kappa shape index (κ1) is 13.9. The molecule has 0 bridgehead atoms. The predicted octanol–water partition coefficient (Wildman–Crippen LogP) is 1.88. The molecule has 0 aromatic carbocycles. The van der Waals surface area contributed by atoms with Crippen molar-refractivity contribution in [1.29, 1.82) is 0 Å². The number of nitrogens with zero attached hydrogens (tertiary/aromatic N) is 1. The SMILES string of the molecule is CCOCC(C)NCC(CC)N1CCCC1. The number of hydrogen-bond acceptors (Lipinski definition) is 3. The van der Waals surface area contributed by atoms with Crippen LogP contribution in [0.15, 0.2) is 0 Å². The van der Waals surface area contributed by atoms with Crippen LogP contribution >= 0.6 is 0 Å². The van der Waals surface area contributed by atoms with Gasteiger partial charge in [0.15, 0.2) is 0 Å². The monoisotopic (exact) mass is 228 g/mol. The van der Waals surface area contributed by atoms with Gasteiger partial charge in [-0.2, -0.15) is 0 Å². The number of ether oxygens (including phenoxy) is 1. The highest BCUT2D eigenvalue weighted by molar-refractivity contribution is 4.78. The van der Waals surface area contributed by atoms with Gasteiger partial charge in [-0.25, -0.2) is 0 Å². The fraction of sp³-hybridized carbons (Fsp3) is 1.00. The van der Waals surface area contributed by atoms with E-state index >= 15 is 0 Å². The van der Waals surface area contributed by atoms with Crippen molar-refractivity contribution in [3.63, 3.8) is 0 Å². The van der Waals surface area contributed by atoms with Gasteiger partial charge >= 0.3 is 0 Å². The summed E-state index contributed by atoms with van der Waals surface area (Å²) in [6.45, 7) is 11.9. The summed E-state index contributed by atoms with van der Waals surface area (Å²) >= 11 is 0. The summed E-state index contributed by atoms with van der Waals surface area (Å²) in [6.07, 6.45) is 4.00. The van der Waals surface area contributed by atoms with Gasteiger partial charge < -0.3 is 10.1 Å². The van der Waals surface area contributed by atoms with Crippen LogP contribution in [0.1, 0.15) is 40.0 Å². The lowest BCUT2D eigenvalue weighted by molar-refractivity contribution is 0.122. The Morgan fingerprint density at radius 1 is 1.25 bits per heavy atom. The first-order valence-electron chi connectivity index (χ1n) is 6.83. The molecule has 1 fully saturated rings. The predicted molar refractivity (Wildman–Crippen MR) is 68.8 cm³/mol. The summed E-state index contributed by atoms with van der Waals surface area (Å²) in [5.41, 5.74) is 0. The largest absolute Gasteiger partial charge is 0.380 e. The lowest BCUT2D eigenvalue weighted by Gasteiger charge is -2.28. The summed E-state index contributed by atoms with van der Waals surface area (Å²) in [6, 6.07) is 1.18. The number of likely N-dealkylation sites (tertiary alicyclic amines) is 1. The van der Waals surface area contributed by atoms with Crippen molar-refractivity contribution in [1.82, 2.24) is 10.2 Å². The maximum absolute atomic E-state index is 5.41. The minimum atomic E-state index is 0.469. The molecule has 3 heteroatoms. The average Bonchev–Trinajstić information content (AvgIpc) is 2.81.